The van der Waals surface area contributed by atoms with Crippen LogP contribution in [0, 0.1) is 23.6 Å². The molecule has 3 N–H and O–H groups in total. The highest BCUT2D eigenvalue weighted by molar-refractivity contribution is 5.82. The average molecular weight is 377 g/mol. The van der Waals surface area contributed by atoms with Gasteiger partial charge in [0.2, 0.25) is 5.91 Å². The molecule has 1 aliphatic heterocycles. The summed E-state index contributed by atoms with van der Waals surface area (Å²) in [6.07, 6.45) is 8.16. The first-order valence-corrected chi connectivity index (χ1v) is 9.49. The van der Waals surface area contributed by atoms with Crippen molar-refractivity contribution in [1.82, 2.24) is 9.97 Å². The first kappa shape index (κ1) is 17.0. The topological polar surface area (TPSA) is 93.3 Å². The van der Waals surface area contributed by atoms with Crippen LogP contribution < -0.4 is 11.1 Å². The molecule has 5 rings (SSSR count). The zero-order valence-corrected chi connectivity index (χ0v) is 15.2. The van der Waals surface area contributed by atoms with Gasteiger partial charge in [-0.3, -0.25) is 9.79 Å². The fraction of sp³-hybridized carbons (Fsp3) is 0.333. The van der Waals surface area contributed by atoms with E-state index in [4.69, 9.17) is 10.7 Å². The van der Waals surface area contributed by atoms with Gasteiger partial charge in [0.1, 0.15) is 17.3 Å². The molecule has 142 valence electrons. The van der Waals surface area contributed by atoms with Crippen LogP contribution in [0.2, 0.25) is 0 Å². The highest BCUT2D eigenvalue weighted by atomic mass is 19.1. The Kier molecular flexibility index (Phi) is 3.96. The Morgan fingerprint density at radius 2 is 1.96 bits per heavy atom. The predicted molar refractivity (Wildman–Crippen MR) is 104 cm³/mol. The molecule has 0 spiro atoms. The van der Waals surface area contributed by atoms with Crippen molar-refractivity contribution in [2.45, 2.75) is 25.3 Å². The third-order valence-electron chi connectivity index (χ3n) is 5.87. The number of primary amides is 1. The van der Waals surface area contributed by atoms with Crippen LogP contribution in [0.5, 0.6) is 0 Å². The fourth-order valence-electron chi connectivity index (χ4n) is 4.58. The highest BCUT2D eigenvalue weighted by Crippen LogP contribution is 2.45. The smallest absolute Gasteiger partial charge is 0.223 e. The molecule has 1 saturated carbocycles. The van der Waals surface area contributed by atoms with Gasteiger partial charge in [-0.15, -0.1) is 0 Å². The van der Waals surface area contributed by atoms with Gasteiger partial charge in [0.15, 0.2) is 5.82 Å². The Hall–Kier alpha value is -3.09. The predicted octanol–water partition coefficient (Wildman–Crippen LogP) is 2.55. The van der Waals surface area contributed by atoms with Crippen LogP contribution in [0.4, 0.5) is 15.9 Å². The maximum Gasteiger partial charge on any atom is 0.223 e. The molecule has 2 bridgehead atoms. The van der Waals surface area contributed by atoms with E-state index in [2.05, 4.69) is 27.4 Å². The minimum absolute atomic E-state index is 0.0824. The molecule has 6 nitrogen and oxygen atoms in total. The van der Waals surface area contributed by atoms with Gasteiger partial charge in [-0.1, -0.05) is 24.3 Å². The summed E-state index contributed by atoms with van der Waals surface area (Å²) in [4.78, 5) is 25.8. The van der Waals surface area contributed by atoms with Crippen LogP contribution in [-0.4, -0.2) is 28.1 Å². The summed E-state index contributed by atoms with van der Waals surface area (Å²) >= 11 is 0. The summed E-state index contributed by atoms with van der Waals surface area (Å²) in [7, 11) is 0. The molecule has 1 aromatic carbocycles. The van der Waals surface area contributed by atoms with Crippen LogP contribution in [0.3, 0.4) is 0 Å². The Labute approximate surface area is 161 Å². The molecule has 4 atom stereocenters. The minimum Gasteiger partial charge on any atom is -0.369 e. The lowest BCUT2D eigenvalue weighted by molar-refractivity contribution is -0.122. The summed E-state index contributed by atoms with van der Waals surface area (Å²) in [5.41, 5.74) is 8.21. The van der Waals surface area contributed by atoms with E-state index in [0.29, 0.717) is 24.5 Å². The van der Waals surface area contributed by atoms with Gasteiger partial charge < -0.3 is 11.1 Å². The van der Waals surface area contributed by atoms with Crippen molar-refractivity contribution in [1.29, 1.82) is 0 Å². The number of rotatable bonds is 5. The lowest BCUT2D eigenvalue weighted by Gasteiger charge is -2.27. The van der Waals surface area contributed by atoms with Crippen LogP contribution in [0.25, 0.3) is 0 Å². The minimum atomic E-state index is -0.282. The second kappa shape index (κ2) is 6.51. The first-order chi connectivity index (χ1) is 13.6. The van der Waals surface area contributed by atoms with E-state index >= 15 is 0 Å². The van der Waals surface area contributed by atoms with Gasteiger partial charge >= 0.3 is 0 Å². The molecule has 1 fully saturated rings. The van der Waals surface area contributed by atoms with E-state index in [0.717, 1.165) is 23.4 Å². The maximum absolute atomic E-state index is 13.2. The number of amides is 1. The zero-order chi connectivity index (χ0) is 19.3. The number of nitrogens with zero attached hydrogens (tertiary/aromatic N) is 3. The van der Waals surface area contributed by atoms with E-state index in [1.807, 2.05) is 6.21 Å². The highest BCUT2D eigenvalue weighted by Gasteiger charge is 2.47. The maximum atomic E-state index is 13.2. The lowest BCUT2D eigenvalue weighted by atomic mass is 9.88. The monoisotopic (exact) mass is 377 g/mol. The van der Waals surface area contributed by atoms with Gasteiger partial charge in [-0.05, 0) is 36.0 Å². The third-order valence-corrected chi connectivity index (χ3v) is 5.87. The third kappa shape index (κ3) is 2.87. The zero-order valence-electron chi connectivity index (χ0n) is 15.2. The van der Waals surface area contributed by atoms with E-state index in [1.165, 1.54) is 12.1 Å². The summed E-state index contributed by atoms with van der Waals surface area (Å²) in [6, 6.07) is 6.26. The number of nitrogens with two attached hydrogens (primary N) is 1. The lowest BCUT2D eigenvalue weighted by Crippen LogP contribution is -2.41. The first-order valence-electron chi connectivity index (χ1n) is 9.49. The SMILES string of the molecule is NC(=O)C1C2C=CC(C2)C1Nc1nc(Cc2ccc(F)cc2)nc2c1N=CC2. The van der Waals surface area contributed by atoms with Crippen molar-refractivity contribution in [3.63, 3.8) is 0 Å². The number of allylic oxidation sites excluding steroid dienone is 1. The molecular weight excluding hydrogens is 357 g/mol. The number of aromatic nitrogens is 2. The number of carbonyl (C=O) groups excluding carboxylic acids is 1. The van der Waals surface area contributed by atoms with Gasteiger partial charge in [-0.25, -0.2) is 14.4 Å². The van der Waals surface area contributed by atoms with E-state index in [9.17, 15) is 9.18 Å². The van der Waals surface area contributed by atoms with Crippen molar-refractivity contribution in [2.75, 3.05) is 5.32 Å². The molecule has 1 aromatic heterocycles. The van der Waals surface area contributed by atoms with E-state index < -0.39 is 0 Å². The van der Waals surface area contributed by atoms with Crippen LogP contribution in [-0.2, 0) is 17.6 Å². The molecule has 28 heavy (non-hydrogen) atoms. The molecule has 0 saturated heterocycles. The summed E-state index contributed by atoms with van der Waals surface area (Å²) in [5.74, 6) is 0.953. The van der Waals surface area contributed by atoms with Gasteiger partial charge in [0, 0.05) is 25.1 Å². The number of hydrogen-bond acceptors (Lipinski definition) is 5. The molecule has 1 amide bonds. The molecule has 4 unspecified atom stereocenters. The van der Waals surface area contributed by atoms with Crippen molar-refractivity contribution in [3.05, 3.63) is 59.3 Å². The standard InChI is InChI=1S/C21H20FN5O/c22-14-5-1-11(2-6-14)9-16-25-15-7-8-24-19(15)21(26-16)27-18-13-4-3-12(10-13)17(18)20(23)28/h1-6,8,12-13,17-18H,7,9-10H2,(H2,23,28)(H,25,26,27). The molecule has 7 heteroatoms. The largest absolute Gasteiger partial charge is 0.369 e. The number of carbonyl (C=O) groups is 1. The Morgan fingerprint density at radius 1 is 1.18 bits per heavy atom. The molecule has 3 aliphatic rings. The number of benzene rings is 1. The van der Waals surface area contributed by atoms with Crippen molar-refractivity contribution >= 4 is 23.6 Å². The molecular formula is C21H20FN5O. The van der Waals surface area contributed by atoms with Crippen LogP contribution in [0.15, 0.2) is 41.4 Å². The number of halogens is 1. The quantitative estimate of drug-likeness (QED) is 0.783. The number of fused-ring (bicyclic) bond motifs is 3. The van der Waals surface area contributed by atoms with Gasteiger partial charge in [0.05, 0.1) is 11.6 Å². The Morgan fingerprint density at radius 3 is 2.75 bits per heavy atom. The number of hydrogen-bond donors (Lipinski definition) is 2. The molecule has 2 aliphatic carbocycles. The fourth-order valence-corrected chi connectivity index (χ4v) is 4.58. The Balaban J connectivity index is 1.46. The normalized spacial score (nSPS) is 26.6. The molecule has 2 heterocycles. The molecule has 2 aromatic rings. The number of aliphatic imine (C=N–C) groups is 1. The second-order valence-corrected chi connectivity index (χ2v) is 7.65. The number of anilines is 1. The van der Waals surface area contributed by atoms with E-state index in [1.54, 1.807) is 12.1 Å². The summed E-state index contributed by atoms with van der Waals surface area (Å²) in [6.45, 7) is 0. The van der Waals surface area contributed by atoms with Gasteiger partial charge in [0.25, 0.3) is 0 Å². The van der Waals surface area contributed by atoms with Crippen LogP contribution >= 0.6 is 0 Å². The Bertz CT molecular complexity index is 1000. The average Bonchev–Trinajstić information content (AvgIpc) is 3.39. The second-order valence-electron chi connectivity index (χ2n) is 7.65. The van der Waals surface area contributed by atoms with Gasteiger partial charge in [-0.2, -0.15) is 0 Å². The van der Waals surface area contributed by atoms with Crippen molar-refractivity contribution in [3.8, 4) is 0 Å². The van der Waals surface area contributed by atoms with Crippen LogP contribution in [0.1, 0.15) is 23.5 Å². The molecule has 0 radical (unpaired) electrons. The van der Waals surface area contributed by atoms with E-state index in [-0.39, 0.29) is 35.5 Å². The van der Waals surface area contributed by atoms with Crippen molar-refractivity contribution < 1.29 is 9.18 Å². The summed E-state index contributed by atoms with van der Waals surface area (Å²) in [5, 5.41) is 3.46. The van der Waals surface area contributed by atoms with Crippen molar-refractivity contribution in [2.24, 2.45) is 28.5 Å². The number of nitrogens with one attached hydrogen (secondary N) is 1. The summed E-state index contributed by atoms with van der Waals surface area (Å²) < 4.78 is 13.2.